The SMILES string of the molecule is Cc1cccc(NC(=O)CCc2nc(CSc3nnc(-c4ccccc4)o3)no2)c1C. The Hall–Kier alpha value is -3.46. The Morgan fingerprint density at radius 2 is 1.90 bits per heavy atom. The highest BCUT2D eigenvalue weighted by atomic mass is 32.2. The van der Waals surface area contributed by atoms with Crippen LogP contribution in [0.5, 0.6) is 0 Å². The zero-order chi connectivity index (χ0) is 21.6. The van der Waals surface area contributed by atoms with Crippen LogP contribution in [0.4, 0.5) is 5.69 Å². The highest BCUT2D eigenvalue weighted by Crippen LogP contribution is 2.25. The average Bonchev–Trinajstić information content (AvgIpc) is 3.44. The highest BCUT2D eigenvalue weighted by Gasteiger charge is 2.13. The highest BCUT2D eigenvalue weighted by molar-refractivity contribution is 7.98. The van der Waals surface area contributed by atoms with Crippen molar-refractivity contribution in [2.75, 3.05) is 5.32 Å². The van der Waals surface area contributed by atoms with E-state index in [0.29, 0.717) is 35.0 Å². The maximum absolute atomic E-state index is 12.3. The first-order valence-electron chi connectivity index (χ1n) is 9.78. The fourth-order valence-electron chi connectivity index (χ4n) is 2.86. The van der Waals surface area contributed by atoms with Gasteiger partial charge in [-0.1, -0.05) is 47.3 Å². The van der Waals surface area contributed by atoms with Gasteiger partial charge in [-0.3, -0.25) is 4.79 Å². The molecule has 0 unspecified atom stereocenters. The zero-order valence-electron chi connectivity index (χ0n) is 17.2. The lowest BCUT2D eigenvalue weighted by Crippen LogP contribution is -2.13. The lowest BCUT2D eigenvalue weighted by Gasteiger charge is -2.09. The third kappa shape index (κ3) is 5.37. The molecule has 9 heteroatoms. The van der Waals surface area contributed by atoms with Crippen LogP contribution in [0.3, 0.4) is 0 Å². The van der Waals surface area contributed by atoms with Gasteiger partial charge >= 0.3 is 0 Å². The number of amides is 1. The summed E-state index contributed by atoms with van der Waals surface area (Å²) in [5.41, 5.74) is 3.88. The molecule has 0 saturated heterocycles. The molecule has 1 N–H and O–H groups in total. The van der Waals surface area contributed by atoms with Gasteiger partial charge in [0, 0.05) is 24.1 Å². The standard InChI is InChI=1S/C22H21N5O3S/c1-14-7-6-10-17(15(14)2)23-19(28)11-12-20-24-18(27-30-20)13-31-22-26-25-21(29-22)16-8-4-3-5-9-16/h3-10H,11-13H2,1-2H3,(H,23,28). The minimum atomic E-state index is -0.0953. The largest absolute Gasteiger partial charge is 0.411 e. The van der Waals surface area contributed by atoms with Gasteiger partial charge in [-0.05, 0) is 43.2 Å². The van der Waals surface area contributed by atoms with Crippen molar-refractivity contribution in [1.29, 1.82) is 0 Å². The molecule has 2 aromatic carbocycles. The van der Waals surface area contributed by atoms with Gasteiger partial charge in [0.05, 0.1) is 5.75 Å². The van der Waals surface area contributed by atoms with Crippen molar-refractivity contribution >= 4 is 23.4 Å². The molecule has 0 radical (unpaired) electrons. The number of aromatic nitrogens is 4. The van der Waals surface area contributed by atoms with E-state index in [1.807, 2.05) is 62.4 Å². The number of nitrogens with one attached hydrogen (secondary N) is 1. The maximum atomic E-state index is 12.3. The van der Waals surface area contributed by atoms with Crippen LogP contribution in [-0.4, -0.2) is 26.2 Å². The molecule has 4 aromatic rings. The lowest BCUT2D eigenvalue weighted by molar-refractivity contribution is -0.116. The normalized spacial score (nSPS) is 10.9. The van der Waals surface area contributed by atoms with Crippen LogP contribution >= 0.6 is 11.8 Å². The van der Waals surface area contributed by atoms with Crippen LogP contribution in [0.1, 0.15) is 29.3 Å². The molecule has 0 bridgehead atoms. The van der Waals surface area contributed by atoms with E-state index >= 15 is 0 Å². The molecule has 1 amide bonds. The average molecular weight is 436 g/mol. The molecule has 0 saturated carbocycles. The summed E-state index contributed by atoms with van der Waals surface area (Å²) in [6, 6.07) is 15.4. The summed E-state index contributed by atoms with van der Waals surface area (Å²) in [6.07, 6.45) is 0.624. The third-order valence-corrected chi connectivity index (χ3v) is 5.52. The Bertz CT molecular complexity index is 1170. The zero-order valence-corrected chi connectivity index (χ0v) is 18.0. The van der Waals surface area contributed by atoms with Crippen molar-refractivity contribution < 1.29 is 13.7 Å². The van der Waals surface area contributed by atoms with E-state index in [-0.39, 0.29) is 12.3 Å². The molecule has 0 atom stereocenters. The summed E-state index contributed by atoms with van der Waals surface area (Å²) >= 11 is 1.33. The van der Waals surface area contributed by atoms with Crippen LogP contribution in [0.25, 0.3) is 11.5 Å². The van der Waals surface area contributed by atoms with Gasteiger partial charge in [0.25, 0.3) is 5.22 Å². The fourth-order valence-corrected chi connectivity index (χ4v) is 3.47. The molecule has 0 fully saturated rings. The van der Waals surface area contributed by atoms with Crippen LogP contribution in [0.15, 0.2) is 62.7 Å². The van der Waals surface area contributed by atoms with Crippen molar-refractivity contribution in [2.45, 2.75) is 37.7 Å². The number of rotatable bonds is 8. The first-order valence-corrected chi connectivity index (χ1v) is 10.8. The number of nitrogens with zero attached hydrogens (tertiary/aromatic N) is 4. The monoisotopic (exact) mass is 435 g/mol. The number of anilines is 1. The Morgan fingerprint density at radius 1 is 1.06 bits per heavy atom. The number of carbonyl (C=O) groups excluding carboxylic acids is 1. The van der Waals surface area contributed by atoms with Crippen LogP contribution in [-0.2, 0) is 17.0 Å². The van der Waals surface area contributed by atoms with E-state index in [1.54, 1.807) is 0 Å². The van der Waals surface area contributed by atoms with Crippen LogP contribution in [0.2, 0.25) is 0 Å². The van der Waals surface area contributed by atoms with E-state index in [0.717, 1.165) is 22.4 Å². The summed E-state index contributed by atoms with van der Waals surface area (Å²) < 4.78 is 10.9. The molecule has 0 spiro atoms. The minimum absolute atomic E-state index is 0.0953. The molecule has 0 aliphatic heterocycles. The summed E-state index contributed by atoms with van der Waals surface area (Å²) in [7, 11) is 0. The number of thioether (sulfide) groups is 1. The minimum Gasteiger partial charge on any atom is -0.411 e. The Labute approximate surface area is 183 Å². The Balaban J connectivity index is 1.26. The quantitative estimate of drug-likeness (QED) is 0.400. The van der Waals surface area contributed by atoms with Gasteiger partial charge in [-0.25, -0.2) is 0 Å². The number of hydrogen-bond acceptors (Lipinski definition) is 8. The molecule has 0 aliphatic rings. The predicted molar refractivity (Wildman–Crippen MR) is 116 cm³/mol. The van der Waals surface area contributed by atoms with Crippen molar-refractivity contribution in [1.82, 2.24) is 20.3 Å². The first kappa shape index (κ1) is 20.8. The topological polar surface area (TPSA) is 107 Å². The van der Waals surface area contributed by atoms with Gasteiger partial charge in [-0.15, -0.1) is 10.2 Å². The van der Waals surface area contributed by atoms with Gasteiger partial charge in [0.15, 0.2) is 5.82 Å². The molecule has 8 nitrogen and oxygen atoms in total. The number of benzene rings is 2. The van der Waals surface area contributed by atoms with Crippen molar-refractivity contribution in [3.63, 3.8) is 0 Å². The van der Waals surface area contributed by atoms with Gasteiger partial charge in [-0.2, -0.15) is 4.98 Å². The van der Waals surface area contributed by atoms with Crippen molar-refractivity contribution in [2.24, 2.45) is 0 Å². The second kappa shape index (κ2) is 9.57. The summed E-state index contributed by atoms with van der Waals surface area (Å²) in [6.45, 7) is 4.00. The van der Waals surface area contributed by atoms with E-state index in [4.69, 9.17) is 8.94 Å². The Kier molecular flexibility index (Phi) is 6.42. The number of carbonyl (C=O) groups is 1. The van der Waals surface area contributed by atoms with Gasteiger partial charge < -0.3 is 14.3 Å². The lowest BCUT2D eigenvalue weighted by atomic mass is 10.1. The van der Waals surface area contributed by atoms with E-state index in [2.05, 4.69) is 25.7 Å². The van der Waals surface area contributed by atoms with Crippen LogP contribution < -0.4 is 5.32 Å². The van der Waals surface area contributed by atoms with Gasteiger partial charge in [0.1, 0.15) is 0 Å². The van der Waals surface area contributed by atoms with Crippen molar-refractivity contribution in [3.8, 4) is 11.5 Å². The molecule has 2 aromatic heterocycles. The van der Waals surface area contributed by atoms with Crippen molar-refractivity contribution in [3.05, 3.63) is 71.4 Å². The summed E-state index contributed by atoms with van der Waals surface area (Å²) in [4.78, 5) is 16.6. The second-order valence-electron chi connectivity index (χ2n) is 6.93. The number of hydrogen-bond donors (Lipinski definition) is 1. The molecule has 158 valence electrons. The maximum Gasteiger partial charge on any atom is 0.277 e. The molecule has 2 heterocycles. The molecular formula is C22H21N5O3S. The molecule has 0 aliphatic carbocycles. The predicted octanol–water partition coefficient (Wildman–Crippen LogP) is 4.60. The first-order chi connectivity index (χ1) is 15.1. The third-order valence-electron chi connectivity index (χ3n) is 4.71. The van der Waals surface area contributed by atoms with Gasteiger partial charge in [0.2, 0.25) is 17.7 Å². The fraction of sp³-hybridized carbons (Fsp3) is 0.227. The Morgan fingerprint density at radius 3 is 2.74 bits per heavy atom. The molecule has 4 rings (SSSR count). The van der Waals surface area contributed by atoms with E-state index in [1.165, 1.54) is 11.8 Å². The van der Waals surface area contributed by atoms with E-state index in [9.17, 15) is 4.79 Å². The molecule has 31 heavy (non-hydrogen) atoms. The smallest absolute Gasteiger partial charge is 0.277 e. The second-order valence-corrected chi connectivity index (χ2v) is 7.85. The summed E-state index contributed by atoms with van der Waals surface area (Å²) in [5, 5.41) is 15.4. The molecular weight excluding hydrogens is 414 g/mol. The number of aryl methyl sites for hydroxylation is 2. The summed E-state index contributed by atoms with van der Waals surface area (Å²) in [5.74, 6) is 1.72. The van der Waals surface area contributed by atoms with E-state index < -0.39 is 0 Å². The van der Waals surface area contributed by atoms with Crippen LogP contribution in [0, 0.1) is 13.8 Å².